The lowest BCUT2D eigenvalue weighted by molar-refractivity contribution is -0.140. The lowest BCUT2D eigenvalue weighted by Crippen LogP contribution is -2.47. The summed E-state index contributed by atoms with van der Waals surface area (Å²) in [4.78, 5) is 32.5. The van der Waals surface area contributed by atoms with E-state index in [0.29, 0.717) is 5.75 Å². The van der Waals surface area contributed by atoms with E-state index in [-0.39, 0.29) is 25.1 Å². The van der Waals surface area contributed by atoms with Crippen LogP contribution in [-0.4, -0.2) is 56.5 Å². The Kier molecular flexibility index (Phi) is 8.51. The van der Waals surface area contributed by atoms with Crippen molar-refractivity contribution in [1.29, 1.82) is 0 Å². The van der Waals surface area contributed by atoms with Gasteiger partial charge in [-0.25, -0.2) is 9.59 Å². The van der Waals surface area contributed by atoms with E-state index < -0.39 is 34.8 Å². The van der Waals surface area contributed by atoms with Crippen LogP contribution in [0, 0.1) is 0 Å². The topological polar surface area (TPSA) is 133 Å². The molecule has 2 atom stereocenters. The summed E-state index contributed by atoms with van der Waals surface area (Å²) in [7, 11) is -1.01. The first-order valence-electron chi connectivity index (χ1n) is 5.70. The smallest absolute Gasteiger partial charge is 0.326 e. The highest BCUT2D eigenvalue weighted by atomic mass is 32.2. The van der Waals surface area contributed by atoms with E-state index >= 15 is 0 Å². The highest BCUT2D eigenvalue weighted by Gasteiger charge is 2.20. The number of carboxylic acid groups (broad SMARTS) is 2. The van der Waals surface area contributed by atoms with Gasteiger partial charge in [0.1, 0.15) is 6.04 Å². The van der Waals surface area contributed by atoms with Crippen LogP contribution in [0.2, 0.25) is 0 Å². The number of amides is 2. The van der Waals surface area contributed by atoms with Gasteiger partial charge in [-0.15, -0.1) is 0 Å². The Balaban J connectivity index is 4.06. The fraction of sp³-hybridized carbons (Fsp3) is 0.700. The van der Waals surface area contributed by atoms with Crippen molar-refractivity contribution >= 4 is 28.8 Å². The highest BCUT2D eigenvalue weighted by molar-refractivity contribution is 7.84. The van der Waals surface area contributed by atoms with Crippen molar-refractivity contribution in [1.82, 2.24) is 10.6 Å². The largest absolute Gasteiger partial charge is 0.481 e. The standard InChI is InChI=1S/C10H18N2O6S/c1-2-19(18)6-5-11-10(17)12-7(9(15)16)3-4-8(13)14/h7H,2-6H2,1H3,(H,13,14)(H,15,16)(H2,11,12,17)/t7-,19?/m0/s1. The lowest BCUT2D eigenvalue weighted by atomic mass is 10.1. The van der Waals surface area contributed by atoms with Crippen molar-refractivity contribution in [2.45, 2.75) is 25.8 Å². The van der Waals surface area contributed by atoms with Gasteiger partial charge in [-0.3, -0.25) is 9.00 Å². The third-order valence-corrected chi connectivity index (χ3v) is 3.49. The van der Waals surface area contributed by atoms with Crippen LogP contribution in [0.5, 0.6) is 0 Å². The molecular formula is C10H18N2O6S. The van der Waals surface area contributed by atoms with Crippen LogP contribution in [0.4, 0.5) is 4.79 Å². The minimum atomic E-state index is -1.30. The lowest BCUT2D eigenvalue weighted by Gasteiger charge is -2.14. The molecule has 0 aliphatic carbocycles. The monoisotopic (exact) mass is 294 g/mol. The van der Waals surface area contributed by atoms with E-state index in [9.17, 15) is 18.6 Å². The summed E-state index contributed by atoms with van der Waals surface area (Å²) < 4.78 is 11.1. The molecule has 0 spiro atoms. The molecule has 0 heterocycles. The van der Waals surface area contributed by atoms with E-state index in [1.54, 1.807) is 6.92 Å². The van der Waals surface area contributed by atoms with Gasteiger partial charge in [0, 0.05) is 35.3 Å². The number of urea groups is 1. The molecule has 2 amide bonds. The molecule has 4 N–H and O–H groups in total. The second kappa shape index (κ2) is 9.31. The van der Waals surface area contributed by atoms with Gasteiger partial charge in [0.15, 0.2) is 0 Å². The summed E-state index contributed by atoms with van der Waals surface area (Å²) in [5, 5.41) is 21.8. The third kappa shape index (κ3) is 9.00. The molecule has 0 aromatic carbocycles. The Hall–Kier alpha value is -1.64. The molecule has 0 aliphatic rings. The maximum absolute atomic E-state index is 11.3. The maximum atomic E-state index is 11.3. The first-order chi connectivity index (χ1) is 8.86. The Morgan fingerprint density at radius 1 is 1.26 bits per heavy atom. The van der Waals surface area contributed by atoms with Crippen LogP contribution < -0.4 is 10.6 Å². The molecule has 0 radical (unpaired) electrons. The summed E-state index contributed by atoms with van der Waals surface area (Å²) in [5.41, 5.74) is 0. The molecule has 0 fully saturated rings. The minimum absolute atomic E-state index is 0.164. The van der Waals surface area contributed by atoms with E-state index in [1.165, 1.54) is 0 Å². The molecule has 1 unspecified atom stereocenters. The summed E-state index contributed by atoms with van der Waals surface area (Å²) >= 11 is 0. The quantitative estimate of drug-likeness (QED) is 0.447. The maximum Gasteiger partial charge on any atom is 0.326 e. The Morgan fingerprint density at radius 3 is 2.37 bits per heavy atom. The van der Waals surface area contributed by atoms with E-state index in [0.717, 1.165) is 0 Å². The van der Waals surface area contributed by atoms with Crippen molar-refractivity contribution in [2.75, 3.05) is 18.1 Å². The summed E-state index contributed by atoms with van der Waals surface area (Å²) in [6.45, 7) is 1.92. The molecule has 0 aromatic heterocycles. The van der Waals surface area contributed by atoms with Crippen molar-refractivity contribution in [2.24, 2.45) is 0 Å². The van der Waals surface area contributed by atoms with Gasteiger partial charge < -0.3 is 20.8 Å². The molecule has 0 rings (SSSR count). The van der Waals surface area contributed by atoms with Crippen LogP contribution >= 0.6 is 0 Å². The Bertz CT molecular complexity index is 360. The first-order valence-corrected chi connectivity index (χ1v) is 7.19. The minimum Gasteiger partial charge on any atom is -0.481 e. The molecule has 0 bridgehead atoms. The van der Waals surface area contributed by atoms with Gasteiger partial charge in [0.2, 0.25) is 0 Å². The van der Waals surface area contributed by atoms with Crippen LogP contribution in [0.3, 0.4) is 0 Å². The second-order valence-corrected chi connectivity index (χ2v) is 5.52. The summed E-state index contributed by atoms with van der Waals surface area (Å²) in [6, 6.07) is -1.97. The van der Waals surface area contributed by atoms with Gasteiger partial charge in [0.05, 0.1) is 0 Å². The number of hydrogen-bond acceptors (Lipinski definition) is 4. The molecule has 19 heavy (non-hydrogen) atoms. The number of hydrogen-bond donors (Lipinski definition) is 4. The number of carboxylic acids is 2. The van der Waals surface area contributed by atoms with Gasteiger partial charge in [-0.1, -0.05) is 6.92 Å². The zero-order chi connectivity index (χ0) is 14.8. The molecule has 110 valence electrons. The molecule has 0 aromatic rings. The Morgan fingerprint density at radius 2 is 1.89 bits per heavy atom. The van der Waals surface area contributed by atoms with Crippen LogP contribution in [-0.2, 0) is 20.4 Å². The molecule has 8 nitrogen and oxygen atoms in total. The molecule has 9 heteroatoms. The Labute approximate surface area is 113 Å². The fourth-order valence-corrected chi connectivity index (χ4v) is 1.78. The van der Waals surface area contributed by atoms with Crippen LogP contribution in [0.25, 0.3) is 0 Å². The average molecular weight is 294 g/mol. The zero-order valence-corrected chi connectivity index (χ0v) is 11.4. The SMILES string of the molecule is CCS(=O)CCNC(=O)N[C@@H](CCC(=O)O)C(=O)O. The van der Waals surface area contributed by atoms with E-state index in [4.69, 9.17) is 10.2 Å². The highest BCUT2D eigenvalue weighted by Crippen LogP contribution is 1.97. The predicted octanol–water partition coefficient (Wildman–Crippen LogP) is -0.628. The summed E-state index contributed by atoms with van der Waals surface area (Å²) in [5.74, 6) is -1.66. The average Bonchev–Trinajstić information content (AvgIpc) is 2.33. The predicted molar refractivity (Wildman–Crippen MR) is 68.4 cm³/mol. The van der Waals surface area contributed by atoms with Crippen molar-refractivity contribution < 1.29 is 28.8 Å². The number of nitrogens with one attached hydrogen (secondary N) is 2. The number of aliphatic carboxylic acids is 2. The number of rotatable bonds is 9. The van der Waals surface area contributed by atoms with E-state index in [1.807, 2.05) is 0 Å². The van der Waals surface area contributed by atoms with Crippen molar-refractivity contribution in [3.05, 3.63) is 0 Å². The van der Waals surface area contributed by atoms with Crippen LogP contribution in [0.15, 0.2) is 0 Å². The van der Waals surface area contributed by atoms with E-state index in [2.05, 4.69) is 10.6 Å². The van der Waals surface area contributed by atoms with Gasteiger partial charge in [0.25, 0.3) is 0 Å². The number of carbonyl (C=O) groups is 3. The summed E-state index contributed by atoms with van der Waals surface area (Å²) in [6.07, 6.45) is -0.546. The van der Waals surface area contributed by atoms with Crippen molar-refractivity contribution in [3.63, 3.8) is 0 Å². The van der Waals surface area contributed by atoms with Crippen molar-refractivity contribution in [3.8, 4) is 0 Å². The zero-order valence-electron chi connectivity index (χ0n) is 10.5. The molecule has 0 saturated heterocycles. The first kappa shape index (κ1) is 17.4. The molecule has 0 aliphatic heterocycles. The molecular weight excluding hydrogens is 276 g/mol. The van der Waals surface area contributed by atoms with Gasteiger partial charge in [-0.05, 0) is 6.42 Å². The molecule has 0 saturated carbocycles. The third-order valence-electron chi connectivity index (χ3n) is 2.19. The fourth-order valence-electron chi connectivity index (χ4n) is 1.16. The van der Waals surface area contributed by atoms with Crippen LogP contribution in [0.1, 0.15) is 19.8 Å². The number of carbonyl (C=O) groups excluding carboxylic acids is 1. The van der Waals surface area contributed by atoms with Gasteiger partial charge in [-0.2, -0.15) is 0 Å². The van der Waals surface area contributed by atoms with Gasteiger partial charge >= 0.3 is 18.0 Å². The second-order valence-electron chi connectivity index (χ2n) is 3.66. The normalized spacial score (nSPS) is 13.3.